The summed E-state index contributed by atoms with van der Waals surface area (Å²) in [7, 11) is 2.71. The van der Waals surface area contributed by atoms with Gasteiger partial charge >= 0.3 is 0 Å². The molecule has 0 saturated heterocycles. The Labute approximate surface area is 120 Å². The lowest BCUT2D eigenvalue weighted by Gasteiger charge is -2.20. The fraction of sp³-hybridized carbons (Fsp3) is 0.333. The van der Waals surface area contributed by atoms with Crippen LogP contribution in [0.3, 0.4) is 0 Å². The summed E-state index contributed by atoms with van der Waals surface area (Å²) >= 11 is 0. The standard InChI is InChI=1S/C15H14O6/c1-6-4-7-14(21-6)11-10(13(18)15(7)20-3)8(16)5-9(19-2)12(11)17/h5-6,18H,4H2,1-3H3/t6-/m1/s1. The zero-order chi connectivity index (χ0) is 15.3. The highest BCUT2D eigenvalue weighted by atomic mass is 16.5. The zero-order valence-corrected chi connectivity index (χ0v) is 11.9. The highest BCUT2D eigenvalue weighted by molar-refractivity contribution is 6.26. The number of carbonyl (C=O) groups is 2. The predicted octanol–water partition coefficient (Wildman–Crippen LogP) is 1.63. The summed E-state index contributed by atoms with van der Waals surface area (Å²) in [4.78, 5) is 24.6. The zero-order valence-electron chi connectivity index (χ0n) is 11.9. The molecule has 0 spiro atoms. The molecular weight excluding hydrogens is 276 g/mol. The summed E-state index contributed by atoms with van der Waals surface area (Å²) in [5.74, 6) is -0.897. The van der Waals surface area contributed by atoms with Crippen molar-refractivity contribution in [1.82, 2.24) is 0 Å². The summed E-state index contributed by atoms with van der Waals surface area (Å²) in [6.07, 6.45) is 1.39. The molecule has 1 heterocycles. The van der Waals surface area contributed by atoms with Crippen LogP contribution >= 0.6 is 0 Å². The minimum absolute atomic E-state index is 0.0528. The molecule has 2 aliphatic rings. The molecule has 0 bridgehead atoms. The summed E-state index contributed by atoms with van der Waals surface area (Å²) in [6.45, 7) is 1.84. The van der Waals surface area contributed by atoms with Crippen LogP contribution in [0.1, 0.15) is 33.2 Å². The lowest BCUT2D eigenvalue weighted by Crippen LogP contribution is -2.20. The van der Waals surface area contributed by atoms with Crippen molar-refractivity contribution in [2.24, 2.45) is 0 Å². The number of aromatic hydroxyl groups is 1. The molecule has 1 aliphatic heterocycles. The van der Waals surface area contributed by atoms with Gasteiger partial charge in [-0.25, -0.2) is 0 Å². The molecule has 110 valence electrons. The van der Waals surface area contributed by atoms with E-state index in [4.69, 9.17) is 14.2 Å². The number of carbonyl (C=O) groups excluding carboxylic acids is 2. The molecule has 1 N–H and O–H groups in total. The van der Waals surface area contributed by atoms with Crippen LogP contribution in [-0.4, -0.2) is 37.0 Å². The Balaban J connectivity index is 2.36. The van der Waals surface area contributed by atoms with Gasteiger partial charge in [-0.3, -0.25) is 9.59 Å². The van der Waals surface area contributed by atoms with Crippen molar-refractivity contribution in [3.8, 4) is 17.2 Å². The maximum Gasteiger partial charge on any atom is 0.232 e. The SMILES string of the molecule is COC1=CC(=O)c2c(O)c(OC)c3c(c2C1=O)O[C@H](C)C3. The summed E-state index contributed by atoms with van der Waals surface area (Å²) in [5.41, 5.74) is 0.558. The molecule has 0 radical (unpaired) electrons. The number of methoxy groups -OCH3 is 2. The number of ketones is 2. The predicted molar refractivity (Wildman–Crippen MR) is 72.2 cm³/mol. The van der Waals surface area contributed by atoms with Gasteiger partial charge in [0.15, 0.2) is 23.0 Å². The summed E-state index contributed by atoms with van der Waals surface area (Å²) in [6, 6.07) is 0. The Morgan fingerprint density at radius 3 is 2.57 bits per heavy atom. The molecule has 3 rings (SSSR count). The van der Waals surface area contributed by atoms with Crippen molar-refractivity contribution in [1.29, 1.82) is 0 Å². The Morgan fingerprint density at radius 2 is 1.95 bits per heavy atom. The Bertz CT molecular complexity index is 701. The van der Waals surface area contributed by atoms with E-state index >= 15 is 0 Å². The van der Waals surface area contributed by atoms with E-state index in [-0.39, 0.29) is 34.5 Å². The van der Waals surface area contributed by atoms with Crippen LogP contribution in [0.15, 0.2) is 11.8 Å². The highest BCUT2D eigenvalue weighted by Gasteiger charge is 2.40. The van der Waals surface area contributed by atoms with Gasteiger partial charge in [-0.1, -0.05) is 0 Å². The number of hydrogen-bond donors (Lipinski definition) is 1. The average molecular weight is 290 g/mol. The molecule has 0 unspecified atom stereocenters. The molecular formula is C15H14O6. The molecule has 6 nitrogen and oxygen atoms in total. The summed E-state index contributed by atoms with van der Waals surface area (Å²) in [5, 5.41) is 10.3. The number of allylic oxidation sites excluding steroid dienone is 2. The van der Waals surface area contributed by atoms with E-state index in [1.807, 2.05) is 6.92 Å². The lowest BCUT2D eigenvalue weighted by molar-refractivity contribution is 0.0909. The van der Waals surface area contributed by atoms with E-state index in [2.05, 4.69) is 0 Å². The number of hydrogen-bond acceptors (Lipinski definition) is 6. The molecule has 21 heavy (non-hydrogen) atoms. The Morgan fingerprint density at radius 1 is 1.24 bits per heavy atom. The first-order valence-electron chi connectivity index (χ1n) is 6.46. The van der Waals surface area contributed by atoms with Crippen LogP contribution in [0.2, 0.25) is 0 Å². The van der Waals surface area contributed by atoms with Crippen molar-refractivity contribution in [3.05, 3.63) is 28.5 Å². The smallest absolute Gasteiger partial charge is 0.232 e. The second kappa shape index (κ2) is 4.51. The average Bonchev–Trinajstić information content (AvgIpc) is 2.82. The van der Waals surface area contributed by atoms with Crippen molar-refractivity contribution in [2.75, 3.05) is 14.2 Å². The Hall–Kier alpha value is -2.50. The minimum atomic E-state index is -0.511. The molecule has 1 atom stereocenters. The number of fused-ring (bicyclic) bond motifs is 3. The number of benzene rings is 1. The quantitative estimate of drug-likeness (QED) is 0.891. The van der Waals surface area contributed by atoms with Crippen molar-refractivity contribution in [2.45, 2.75) is 19.4 Å². The third-order valence-corrected chi connectivity index (χ3v) is 3.67. The number of phenolic OH excluding ortho intramolecular Hbond substituents is 1. The summed E-state index contributed by atoms with van der Waals surface area (Å²) < 4.78 is 15.8. The lowest BCUT2D eigenvalue weighted by atomic mass is 9.89. The molecule has 0 aromatic heterocycles. The molecule has 1 aromatic rings. The van der Waals surface area contributed by atoms with Gasteiger partial charge in [-0.05, 0) is 6.92 Å². The second-order valence-corrected chi connectivity index (χ2v) is 4.98. The fourth-order valence-electron chi connectivity index (χ4n) is 2.80. The maximum atomic E-state index is 12.4. The number of ether oxygens (including phenoxy) is 3. The molecule has 6 heteroatoms. The van der Waals surface area contributed by atoms with Crippen molar-refractivity contribution >= 4 is 11.6 Å². The van der Waals surface area contributed by atoms with Crippen LogP contribution in [0.4, 0.5) is 0 Å². The maximum absolute atomic E-state index is 12.4. The van der Waals surface area contributed by atoms with E-state index in [1.165, 1.54) is 14.2 Å². The van der Waals surface area contributed by atoms with Crippen LogP contribution in [0, 0.1) is 0 Å². The van der Waals surface area contributed by atoms with Gasteiger partial charge in [0.2, 0.25) is 5.78 Å². The fourth-order valence-corrected chi connectivity index (χ4v) is 2.80. The Kier molecular flexibility index (Phi) is 2.90. The van der Waals surface area contributed by atoms with E-state index < -0.39 is 11.6 Å². The molecule has 1 aliphatic carbocycles. The van der Waals surface area contributed by atoms with Gasteiger partial charge in [0.25, 0.3) is 0 Å². The molecule has 0 amide bonds. The third kappa shape index (κ3) is 1.72. The first kappa shape index (κ1) is 13.5. The van der Waals surface area contributed by atoms with Gasteiger partial charge in [0, 0.05) is 18.1 Å². The second-order valence-electron chi connectivity index (χ2n) is 4.98. The van der Waals surface area contributed by atoms with Gasteiger partial charge in [0.1, 0.15) is 11.9 Å². The van der Waals surface area contributed by atoms with Crippen LogP contribution in [-0.2, 0) is 11.2 Å². The van der Waals surface area contributed by atoms with E-state index in [0.717, 1.165) is 6.08 Å². The van der Waals surface area contributed by atoms with Crippen LogP contribution < -0.4 is 9.47 Å². The number of phenols is 1. The molecule has 0 saturated carbocycles. The van der Waals surface area contributed by atoms with Gasteiger partial charge in [-0.2, -0.15) is 0 Å². The molecule has 0 fully saturated rings. The molecule has 1 aromatic carbocycles. The first-order valence-corrected chi connectivity index (χ1v) is 6.46. The van der Waals surface area contributed by atoms with Crippen LogP contribution in [0.5, 0.6) is 17.2 Å². The third-order valence-electron chi connectivity index (χ3n) is 3.67. The normalized spacial score (nSPS) is 19.6. The van der Waals surface area contributed by atoms with Crippen molar-refractivity contribution < 1.29 is 28.9 Å². The van der Waals surface area contributed by atoms with Gasteiger partial charge < -0.3 is 19.3 Å². The van der Waals surface area contributed by atoms with Crippen molar-refractivity contribution in [3.63, 3.8) is 0 Å². The van der Waals surface area contributed by atoms with Crippen LogP contribution in [0.25, 0.3) is 0 Å². The minimum Gasteiger partial charge on any atom is -0.504 e. The van der Waals surface area contributed by atoms with Gasteiger partial charge in [-0.15, -0.1) is 0 Å². The topological polar surface area (TPSA) is 82.1 Å². The first-order chi connectivity index (χ1) is 9.99. The van der Waals surface area contributed by atoms with Gasteiger partial charge in [0.05, 0.1) is 25.3 Å². The largest absolute Gasteiger partial charge is 0.504 e. The monoisotopic (exact) mass is 290 g/mol. The number of Topliss-reactive ketones (excluding diaryl/α,β-unsaturated/α-hetero) is 1. The highest BCUT2D eigenvalue weighted by Crippen LogP contribution is 2.49. The number of rotatable bonds is 2. The van der Waals surface area contributed by atoms with E-state index in [9.17, 15) is 14.7 Å². The van der Waals surface area contributed by atoms with E-state index in [1.54, 1.807) is 0 Å². The van der Waals surface area contributed by atoms with E-state index in [0.29, 0.717) is 17.7 Å².